The van der Waals surface area contributed by atoms with Gasteiger partial charge in [0.1, 0.15) is 5.69 Å². The summed E-state index contributed by atoms with van der Waals surface area (Å²) in [6.45, 7) is 7.51. The van der Waals surface area contributed by atoms with Gasteiger partial charge < -0.3 is 9.15 Å². The van der Waals surface area contributed by atoms with Gasteiger partial charge in [0.2, 0.25) is 10.0 Å². The molecule has 0 radical (unpaired) electrons. The van der Waals surface area contributed by atoms with Crippen molar-refractivity contribution in [2.75, 3.05) is 25.0 Å². The summed E-state index contributed by atoms with van der Waals surface area (Å²) >= 11 is 1.28. The molecule has 2 heterocycles. The van der Waals surface area contributed by atoms with Gasteiger partial charge in [-0.05, 0) is 56.2 Å². The third-order valence-electron chi connectivity index (χ3n) is 6.06. The minimum absolute atomic E-state index is 0.189. The first-order valence-corrected chi connectivity index (χ1v) is 15.2. The van der Waals surface area contributed by atoms with Crippen LogP contribution in [0.2, 0.25) is 0 Å². The highest BCUT2D eigenvalue weighted by atomic mass is 32.2. The summed E-state index contributed by atoms with van der Waals surface area (Å²) in [5.74, 6) is 0.880. The molecule has 0 aliphatic rings. The average molecular weight is 556 g/mol. The highest BCUT2D eigenvalue weighted by Crippen LogP contribution is 2.34. The van der Waals surface area contributed by atoms with Crippen LogP contribution in [0.25, 0.3) is 22.4 Å². The van der Waals surface area contributed by atoms with Crippen LogP contribution in [0.5, 0.6) is 5.75 Å². The number of hydrogen-bond acceptors (Lipinski definition) is 7. The van der Waals surface area contributed by atoms with Gasteiger partial charge in [-0.2, -0.15) is 4.31 Å². The number of amides is 1. The van der Waals surface area contributed by atoms with Gasteiger partial charge in [-0.3, -0.25) is 10.1 Å². The number of benzene rings is 2. The van der Waals surface area contributed by atoms with Crippen molar-refractivity contribution in [2.24, 2.45) is 0 Å². The standard InChI is InChI=1S/C28H33N3O5S2/c1-4-7-16-31(17-8-5-2)38(33,34)22-14-12-20(13-15-22)27(32)30-28-29-23(19-37-28)25-18-21-10-9-11-24(35-6-3)26(21)36-25/h9-15,18-19H,4-8,16-17H2,1-3H3,(H,29,30,32). The number of furan rings is 1. The Labute approximate surface area is 227 Å². The molecule has 0 spiro atoms. The zero-order valence-electron chi connectivity index (χ0n) is 21.9. The Morgan fingerprint density at radius 2 is 1.76 bits per heavy atom. The topological polar surface area (TPSA) is 102 Å². The van der Waals surface area contributed by atoms with Gasteiger partial charge in [-0.25, -0.2) is 13.4 Å². The molecule has 0 saturated heterocycles. The molecule has 10 heteroatoms. The maximum Gasteiger partial charge on any atom is 0.257 e. The highest BCUT2D eigenvalue weighted by molar-refractivity contribution is 7.89. The van der Waals surface area contributed by atoms with Crippen LogP contribution in [0.1, 0.15) is 56.8 Å². The van der Waals surface area contributed by atoms with E-state index in [0.29, 0.717) is 53.2 Å². The molecule has 202 valence electrons. The Hall–Kier alpha value is -3.21. The van der Waals surface area contributed by atoms with E-state index in [9.17, 15) is 13.2 Å². The minimum Gasteiger partial charge on any atom is -0.490 e. The van der Waals surface area contributed by atoms with Crippen molar-refractivity contribution >= 4 is 43.4 Å². The second-order valence-corrected chi connectivity index (χ2v) is 11.6. The number of carbonyl (C=O) groups is 1. The van der Waals surface area contributed by atoms with Crippen LogP contribution >= 0.6 is 11.3 Å². The van der Waals surface area contributed by atoms with Crippen molar-refractivity contribution in [3.05, 3.63) is 59.5 Å². The lowest BCUT2D eigenvalue weighted by atomic mass is 10.2. The maximum atomic E-state index is 13.2. The van der Waals surface area contributed by atoms with Gasteiger partial charge in [-0.15, -0.1) is 11.3 Å². The number of nitrogens with one attached hydrogen (secondary N) is 1. The van der Waals surface area contributed by atoms with Crippen LogP contribution < -0.4 is 10.1 Å². The van der Waals surface area contributed by atoms with E-state index in [1.54, 1.807) is 4.31 Å². The van der Waals surface area contributed by atoms with Gasteiger partial charge in [-0.1, -0.05) is 38.8 Å². The molecule has 2 aromatic carbocycles. The summed E-state index contributed by atoms with van der Waals surface area (Å²) in [5.41, 5.74) is 1.60. The van der Waals surface area contributed by atoms with Crippen LogP contribution in [0.15, 0.2) is 63.2 Å². The molecule has 0 bridgehead atoms. The van der Waals surface area contributed by atoms with E-state index in [-0.39, 0.29) is 10.8 Å². The van der Waals surface area contributed by atoms with Crippen LogP contribution in [-0.4, -0.2) is 43.3 Å². The Kier molecular flexibility index (Phi) is 9.19. The summed E-state index contributed by atoms with van der Waals surface area (Å²) in [7, 11) is -3.62. The molecule has 0 fully saturated rings. The van der Waals surface area contributed by atoms with E-state index < -0.39 is 10.0 Å². The number of thiazole rings is 1. The first-order chi connectivity index (χ1) is 18.4. The number of fused-ring (bicyclic) bond motifs is 1. The normalized spacial score (nSPS) is 11.8. The third kappa shape index (κ3) is 6.25. The molecule has 2 aromatic heterocycles. The van der Waals surface area contributed by atoms with Crippen LogP contribution in [0, 0.1) is 0 Å². The highest BCUT2D eigenvalue weighted by Gasteiger charge is 2.24. The lowest BCUT2D eigenvalue weighted by Crippen LogP contribution is -2.33. The van der Waals surface area contributed by atoms with E-state index in [1.807, 2.05) is 50.4 Å². The molecule has 0 unspecified atom stereocenters. The number of anilines is 1. The Bertz CT molecular complexity index is 1470. The Balaban J connectivity index is 1.46. The predicted molar refractivity (Wildman–Crippen MR) is 151 cm³/mol. The van der Waals surface area contributed by atoms with E-state index in [0.717, 1.165) is 31.1 Å². The summed E-state index contributed by atoms with van der Waals surface area (Å²) in [4.78, 5) is 17.5. The van der Waals surface area contributed by atoms with Crippen LogP contribution in [0.4, 0.5) is 5.13 Å². The SMILES string of the molecule is CCCCN(CCCC)S(=O)(=O)c1ccc(C(=O)Nc2nc(-c3cc4cccc(OCC)c4o3)cs2)cc1. The largest absolute Gasteiger partial charge is 0.490 e. The number of ether oxygens (including phenoxy) is 1. The molecular weight excluding hydrogens is 522 g/mol. The van der Waals surface area contributed by atoms with E-state index >= 15 is 0 Å². The van der Waals surface area contributed by atoms with Crippen molar-refractivity contribution < 1.29 is 22.4 Å². The lowest BCUT2D eigenvalue weighted by molar-refractivity contribution is 0.102. The Morgan fingerprint density at radius 1 is 1.05 bits per heavy atom. The number of para-hydroxylation sites is 1. The predicted octanol–water partition coefficient (Wildman–Crippen LogP) is 6.80. The number of hydrogen-bond donors (Lipinski definition) is 1. The number of aromatic nitrogens is 1. The van der Waals surface area contributed by atoms with Crippen LogP contribution in [0.3, 0.4) is 0 Å². The molecule has 0 saturated carbocycles. The summed E-state index contributed by atoms with van der Waals surface area (Å²) < 4.78 is 39.5. The lowest BCUT2D eigenvalue weighted by Gasteiger charge is -2.22. The number of carbonyl (C=O) groups excluding carboxylic acids is 1. The molecule has 0 atom stereocenters. The van der Waals surface area contributed by atoms with Gasteiger partial charge in [0.05, 0.1) is 11.5 Å². The minimum atomic E-state index is -3.62. The first-order valence-electron chi connectivity index (χ1n) is 12.9. The average Bonchev–Trinajstić information content (AvgIpc) is 3.56. The first kappa shape index (κ1) is 27.8. The van der Waals surface area contributed by atoms with Gasteiger partial charge in [0, 0.05) is 29.4 Å². The second-order valence-electron chi connectivity index (χ2n) is 8.85. The zero-order chi connectivity index (χ0) is 27.1. The molecule has 0 aliphatic heterocycles. The van der Waals surface area contributed by atoms with Gasteiger partial charge in [0.25, 0.3) is 5.91 Å². The Morgan fingerprint density at radius 3 is 2.42 bits per heavy atom. The number of unbranched alkanes of at least 4 members (excludes halogenated alkanes) is 2. The molecule has 4 aromatic rings. The molecule has 38 heavy (non-hydrogen) atoms. The number of nitrogens with zero attached hydrogens (tertiary/aromatic N) is 2. The van der Waals surface area contributed by atoms with Gasteiger partial charge in [0.15, 0.2) is 22.2 Å². The molecule has 1 N–H and O–H groups in total. The quantitative estimate of drug-likeness (QED) is 0.195. The van der Waals surface area contributed by atoms with E-state index in [1.165, 1.54) is 35.6 Å². The fourth-order valence-electron chi connectivity index (χ4n) is 3.99. The monoisotopic (exact) mass is 555 g/mol. The zero-order valence-corrected chi connectivity index (χ0v) is 23.5. The summed E-state index contributed by atoms with van der Waals surface area (Å²) in [6.07, 6.45) is 3.45. The van der Waals surface area contributed by atoms with E-state index in [2.05, 4.69) is 10.3 Å². The van der Waals surface area contributed by atoms with Gasteiger partial charge >= 0.3 is 0 Å². The summed E-state index contributed by atoms with van der Waals surface area (Å²) in [6, 6.07) is 13.6. The van der Waals surface area contributed by atoms with Crippen molar-refractivity contribution in [2.45, 2.75) is 51.3 Å². The molecule has 0 aliphatic carbocycles. The fourth-order valence-corrected chi connectivity index (χ4v) is 6.21. The fraction of sp³-hybridized carbons (Fsp3) is 0.357. The van der Waals surface area contributed by atoms with E-state index in [4.69, 9.17) is 9.15 Å². The van der Waals surface area contributed by atoms with Crippen molar-refractivity contribution in [1.82, 2.24) is 9.29 Å². The van der Waals surface area contributed by atoms with Crippen molar-refractivity contribution in [1.29, 1.82) is 0 Å². The molecule has 1 amide bonds. The molecule has 8 nitrogen and oxygen atoms in total. The summed E-state index contributed by atoms with van der Waals surface area (Å²) in [5, 5.41) is 5.92. The smallest absolute Gasteiger partial charge is 0.257 e. The third-order valence-corrected chi connectivity index (χ3v) is 8.73. The molecule has 4 rings (SSSR count). The molecular formula is C28H33N3O5S2. The van der Waals surface area contributed by atoms with Crippen molar-refractivity contribution in [3.63, 3.8) is 0 Å². The second kappa shape index (κ2) is 12.6. The van der Waals surface area contributed by atoms with Crippen LogP contribution in [-0.2, 0) is 10.0 Å². The van der Waals surface area contributed by atoms with Crippen molar-refractivity contribution in [3.8, 4) is 17.2 Å². The number of rotatable bonds is 13. The maximum absolute atomic E-state index is 13.2. The number of sulfonamides is 1.